The van der Waals surface area contributed by atoms with Gasteiger partial charge in [-0.25, -0.2) is 4.39 Å². The molecule has 3 unspecified atom stereocenters. The summed E-state index contributed by atoms with van der Waals surface area (Å²) < 4.78 is 13.2. The molecule has 5 nitrogen and oxygen atoms in total. The second kappa shape index (κ2) is 9.33. The normalized spacial score (nSPS) is 22.9. The summed E-state index contributed by atoms with van der Waals surface area (Å²) in [6, 6.07) is 7.82. The highest BCUT2D eigenvalue weighted by atomic mass is 19.1. The van der Waals surface area contributed by atoms with Crippen molar-refractivity contribution in [1.82, 2.24) is 20.4 Å². The Morgan fingerprint density at radius 2 is 1.92 bits per heavy atom. The smallest absolute Gasteiger partial charge is 0.191 e. The third kappa shape index (κ3) is 5.42. The molecule has 1 aliphatic rings. The van der Waals surface area contributed by atoms with Gasteiger partial charge in [0.05, 0.1) is 6.04 Å². The van der Waals surface area contributed by atoms with Crippen LogP contribution in [0.25, 0.3) is 0 Å². The van der Waals surface area contributed by atoms with Crippen LogP contribution in [0.1, 0.15) is 32.4 Å². The van der Waals surface area contributed by atoms with Crippen molar-refractivity contribution in [2.75, 3.05) is 40.8 Å². The average Bonchev–Trinajstić information content (AvgIpc) is 2.96. The van der Waals surface area contributed by atoms with Crippen molar-refractivity contribution in [1.29, 1.82) is 0 Å². The summed E-state index contributed by atoms with van der Waals surface area (Å²) in [6.07, 6.45) is 0. The van der Waals surface area contributed by atoms with E-state index in [1.54, 1.807) is 7.05 Å². The molecule has 6 heteroatoms. The molecule has 0 spiro atoms. The first-order chi connectivity index (χ1) is 12.3. The average molecular weight is 364 g/mol. The number of aliphatic imine (C=N–C) groups is 1. The van der Waals surface area contributed by atoms with Crippen LogP contribution in [0.3, 0.4) is 0 Å². The van der Waals surface area contributed by atoms with E-state index >= 15 is 0 Å². The Labute approximate surface area is 157 Å². The molecule has 0 aliphatic carbocycles. The summed E-state index contributed by atoms with van der Waals surface area (Å²) in [5.41, 5.74) is 1.08. The van der Waals surface area contributed by atoms with E-state index in [1.165, 1.54) is 12.1 Å². The standard InChI is InChI=1S/C20H34FN5/c1-14(2)26-12-15(3)18(13-26)24-20(22-4)23-11-19(25(5)6)16-7-9-17(21)10-8-16/h7-10,14-15,18-19H,11-13H2,1-6H3,(H2,22,23,24). The molecule has 1 saturated heterocycles. The maximum Gasteiger partial charge on any atom is 0.191 e. The van der Waals surface area contributed by atoms with Crippen LogP contribution in [0.15, 0.2) is 29.3 Å². The molecule has 1 fully saturated rings. The van der Waals surface area contributed by atoms with E-state index in [-0.39, 0.29) is 11.9 Å². The van der Waals surface area contributed by atoms with Gasteiger partial charge in [-0.3, -0.25) is 9.89 Å². The van der Waals surface area contributed by atoms with Gasteiger partial charge in [-0.05, 0) is 51.6 Å². The second-order valence-corrected chi connectivity index (χ2v) is 7.76. The highest BCUT2D eigenvalue weighted by molar-refractivity contribution is 5.80. The van der Waals surface area contributed by atoms with Crippen molar-refractivity contribution in [3.63, 3.8) is 0 Å². The number of nitrogens with one attached hydrogen (secondary N) is 2. The Balaban J connectivity index is 1.95. The number of nitrogens with zero attached hydrogens (tertiary/aromatic N) is 3. The minimum absolute atomic E-state index is 0.141. The first-order valence-corrected chi connectivity index (χ1v) is 9.45. The zero-order valence-electron chi connectivity index (χ0n) is 17.0. The van der Waals surface area contributed by atoms with E-state index in [2.05, 4.69) is 46.2 Å². The maximum absolute atomic E-state index is 13.2. The Morgan fingerprint density at radius 3 is 2.42 bits per heavy atom. The van der Waals surface area contributed by atoms with E-state index in [0.717, 1.165) is 24.6 Å². The summed E-state index contributed by atoms with van der Waals surface area (Å²) >= 11 is 0. The van der Waals surface area contributed by atoms with Gasteiger partial charge in [0.1, 0.15) is 5.82 Å². The van der Waals surface area contributed by atoms with Crippen LogP contribution >= 0.6 is 0 Å². The lowest BCUT2D eigenvalue weighted by Gasteiger charge is -2.27. The van der Waals surface area contributed by atoms with Crippen LogP contribution in [0, 0.1) is 11.7 Å². The largest absolute Gasteiger partial charge is 0.354 e. The number of halogens is 1. The molecule has 2 N–H and O–H groups in total. The Hall–Kier alpha value is -1.66. The van der Waals surface area contributed by atoms with E-state index in [0.29, 0.717) is 24.5 Å². The van der Waals surface area contributed by atoms with Crippen LogP contribution in [0.4, 0.5) is 4.39 Å². The summed E-state index contributed by atoms with van der Waals surface area (Å²) in [4.78, 5) is 9.02. The molecular formula is C20H34FN5. The van der Waals surface area contributed by atoms with Gasteiger partial charge < -0.3 is 15.5 Å². The first-order valence-electron chi connectivity index (χ1n) is 9.45. The fourth-order valence-electron chi connectivity index (χ4n) is 3.46. The molecule has 2 rings (SSSR count). The van der Waals surface area contributed by atoms with E-state index in [1.807, 2.05) is 26.2 Å². The van der Waals surface area contributed by atoms with Gasteiger partial charge >= 0.3 is 0 Å². The number of likely N-dealkylation sites (tertiary alicyclic amines) is 1. The Morgan fingerprint density at radius 1 is 1.27 bits per heavy atom. The number of rotatable bonds is 6. The molecule has 0 amide bonds. The zero-order chi connectivity index (χ0) is 19.3. The summed E-state index contributed by atoms with van der Waals surface area (Å²) in [5.74, 6) is 1.20. The quantitative estimate of drug-likeness (QED) is 0.601. The Bertz CT molecular complexity index is 584. The number of guanidine groups is 1. The predicted octanol–water partition coefficient (Wildman–Crippen LogP) is 2.32. The van der Waals surface area contributed by atoms with Crippen molar-refractivity contribution in [3.8, 4) is 0 Å². The highest BCUT2D eigenvalue weighted by Gasteiger charge is 2.31. The van der Waals surface area contributed by atoms with Crippen molar-refractivity contribution in [3.05, 3.63) is 35.6 Å². The maximum atomic E-state index is 13.2. The van der Waals surface area contributed by atoms with Crippen LogP contribution < -0.4 is 10.6 Å². The zero-order valence-corrected chi connectivity index (χ0v) is 17.0. The number of benzene rings is 1. The highest BCUT2D eigenvalue weighted by Crippen LogP contribution is 2.19. The van der Waals surface area contributed by atoms with Gasteiger partial charge in [0.15, 0.2) is 5.96 Å². The molecule has 0 saturated carbocycles. The van der Waals surface area contributed by atoms with Gasteiger partial charge in [0.2, 0.25) is 0 Å². The monoisotopic (exact) mass is 363 g/mol. The minimum Gasteiger partial charge on any atom is -0.354 e. The van der Waals surface area contributed by atoms with Crippen LogP contribution in [0.5, 0.6) is 0 Å². The van der Waals surface area contributed by atoms with Crippen LogP contribution in [-0.2, 0) is 0 Å². The van der Waals surface area contributed by atoms with Crippen molar-refractivity contribution in [2.45, 2.75) is 38.9 Å². The molecule has 0 aromatic heterocycles. The fraction of sp³-hybridized carbons (Fsp3) is 0.650. The number of likely N-dealkylation sites (N-methyl/N-ethyl adjacent to an activating group) is 1. The first kappa shape index (κ1) is 20.6. The molecule has 0 bridgehead atoms. The second-order valence-electron chi connectivity index (χ2n) is 7.76. The van der Waals surface area contributed by atoms with Crippen molar-refractivity contribution in [2.24, 2.45) is 10.9 Å². The lowest BCUT2D eigenvalue weighted by Crippen LogP contribution is -2.48. The SMILES string of the molecule is CN=C(NCC(c1ccc(F)cc1)N(C)C)NC1CN(C(C)C)CC1C. The van der Waals surface area contributed by atoms with Gasteiger partial charge in [0.25, 0.3) is 0 Å². The van der Waals surface area contributed by atoms with E-state index < -0.39 is 0 Å². The summed E-state index contributed by atoms with van der Waals surface area (Å²) in [6.45, 7) is 9.62. The minimum atomic E-state index is -0.207. The van der Waals surface area contributed by atoms with Crippen LogP contribution in [-0.4, -0.2) is 68.6 Å². The van der Waals surface area contributed by atoms with Crippen molar-refractivity contribution >= 4 is 5.96 Å². The number of hydrogen-bond acceptors (Lipinski definition) is 3. The van der Waals surface area contributed by atoms with E-state index in [4.69, 9.17) is 0 Å². The summed E-state index contributed by atoms with van der Waals surface area (Å²) in [5, 5.41) is 7.01. The molecule has 3 atom stereocenters. The molecule has 0 radical (unpaired) electrons. The lowest BCUT2D eigenvalue weighted by atomic mass is 10.1. The molecule has 1 aromatic rings. The molecule has 146 valence electrons. The van der Waals surface area contributed by atoms with E-state index in [9.17, 15) is 4.39 Å². The van der Waals surface area contributed by atoms with Crippen LogP contribution in [0.2, 0.25) is 0 Å². The molecule has 1 aliphatic heterocycles. The third-order valence-corrected chi connectivity index (χ3v) is 5.26. The van der Waals surface area contributed by atoms with Gasteiger partial charge in [-0.15, -0.1) is 0 Å². The van der Waals surface area contributed by atoms with Gasteiger partial charge in [-0.1, -0.05) is 19.1 Å². The molecule has 1 aromatic carbocycles. The predicted molar refractivity (Wildman–Crippen MR) is 107 cm³/mol. The molecular weight excluding hydrogens is 329 g/mol. The number of hydrogen-bond donors (Lipinski definition) is 2. The van der Waals surface area contributed by atoms with Gasteiger partial charge in [0, 0.05) is 38.8 Å². The molecule has 26 heavy (non-hydrogen) atoms. The molecule has 1 heterocycles. The Kier molecular flexibility index (Phi) is 7.41. The lowest BCUT2D eigenvalue weighted by molar-refractivity contribution is 0.265. The van der Waals surface area contributed by atoms with Gasteiger partial charge in [-0.2, -0.15) is 0 Å². The topological polar surface area (TPSA) is 42.9 Å². The fourth-order valence-corrected chi connectivity index (χ4v) is 3.46. The van der Waals surface area contributed by atoms with Crippen molar-refractivity contribution < 1.29 is 4.39 Å². The third-order valence-electron chi connectivity index (χ3n) is 5.26. The summed E-state index contributed by atoms with van der Waals surface area (Å²) in [7, 11) is 5.87.